The Labute approximate surface area is 102 Å². The largest absolute Gasteiger partial charge is 0.392 e. The maximum Gasteiger partial charge on any atom is 0.317 e. The third kappa shape index (κ3) is 2.84. The number of hydrogen-bond donors (Lipinski definition) is 2. The molecule has 1 aliphatic heterocycles. The van der Waals surface area contributed by atoms with Gasteiger partial charge in [0.2, 0.25) is 0 Å². The molecule has 3 N–H and O–H groups in total. The van der Waals surface area contributed by atoms with Gasteiger partial charge in [-0.05, 0) is 38.0 Å². The van der Waals surface area contributed by atoms with E-state index in [1.54, 1.807) is 0 Å². The minimum atomic E-state index is -0.0931. The van der Waals surface area contributed by atoms with E-state index < -0.39 is 0 Å². The number of hydrogen-bond acceptors (Lipinski definition) is 2. The number of nitrogens with zero attached hydrogens (tertiary/aromatic N) is 1. The van der Waals surface area contributed by atoms with E-state index in [-0.39, 0.29) is 12.1 Å². The molecule has 2 rings (SSSR count). The zero-order chi connectivity index (χ0) is 11.5. The lowest BCUT2D eigenvalue weighted by Gasteiger charge is -2.29. The van der Waals surface area contributed by atoms with Crippen molar-refractivity contribution in [2.75, 3.05) is 13.1 Å². The zero-order valence-corrected chi connectivity index (χ0v) is 10.3. The van der Waals surface area contributed by atoms with E-state index in [1.807, 2.05) is 4.90 Å². The number of thiocarbonyl (C=S) groups is 1. The van der Waals surface area contributed by atoms with Crippen LogP contribution in [0.1, 0.15) is 32.1 Å². The number of carbonyl (C=O) groups excluding carboxylic acids is 1. The maximum atomic E-state index is 11.9. The molecule has 0 spiro atoms. The molecular weight excluding hydrogens is 222 g/mol. The van der Waals surface area contributed by atoms with Gasteiger partial charge >= 0.3 is 6.03 Å². The van der Waals surface area contributed by atoms with Gasteiger partial charge < -0.3 is 16.0 Å². The fraction of sp³-hybridized carbons (Fsp3) is 0.818. The Bertz CT molecular complexity index is 285. The highest BCUT2D eigenvalue weighted by molar-refractivity contribution is 7.80. The van der Waals surface area contributed by atoms with Crippen molar-refractivity contribution in [3.63, 3.8) is 0 Å². The highest BCUT2D eigenvalue weighted by Gasteiger charge is 2.35. The van der Waals surface area contributed by atoms with Crippen LogP contribution in [0.25, 0.3) is 0 Å². The molecule has 5 heteroatoms. The summed E-state index contributed by atoms with van der Waals surface area (Å²) in [5, 5.41) is 2.97. The lowest BCUT2D eigenvalue weighted by atomic mass is 10.1. The molecule has 4 nitrogen and oxygen atoms in total. The number of carbonyl (C=O) groups is 1. The number of nitrogens with two attached hydrogens (primary N) is 1. The summed E-state index contributed by atoms with van der Waals surface area (Å²) >= 11 is 5.00. The van der Waals surface area contributed by atoms with Gasteiger partial charge in [0.25, 0.3) is 0 Å². The van der Waals surface area contributed by atoms with Crippen LogP contribution in [0, 0.1) is 5.92 Å². The Balaban J connectivity index is 1.86. The van der Waals surface area contributed by atoms with Gasteiger partial charge in [-0.15, -0.1) is 0 Å². The van der Waals surface area contributed by atoms with Crippen LogP contribution in [0.2, 0.25) is 0 Å². The van der Waals surface area contributed by atoms with Crippen molar-refractivity contribution in [2.24, 2.45) is 11.7 Å². The van der Waals surface area contributed by atoms with Crippen LogP contribution in [-0.4, -0.2) is 35.1 Å². The molecule has 2 fully saturated rings. The zero-order valence-electron chi connectivity index (χ0n) is 9.45. The van der Waals surface area contributed by atoms with E-state index in [9.17, 15) is 4.79 Å². The molecule has 0 aromatic rings. The molecule has 0 bridgehead atoms. The maximum absolute atomic E-state index is 11.9. The number of urea groups is 1. The highest BCUT2D eigenvalue weighted by atomic mass is 32.1. The van der Waals surface area contributed by atoms with Gasteiger partial charge in [0, 0.05) is 13.1 Å². The summed E-state index contributed by atoms with van der Waals surface area (Å²) in [6.45, 7) is 1.72. The first kappa shape index (κ1) is 11.6. The standard InChI is InChI=1S/C11H19N3OS/c12-10(16)9(8-4-5-8)13-11(15)14-6-2-1-3-7-14/h8-9H,1-7H2,(H2,12,16)(H,13,15). The van der Waals surface area contributed by atoms with Gasteiger partial charge in [-0.2, -0.15) is 0 Å². The SMILES string of the molecule is NC(=S)C(NC(=O)N1CCCCC1)C1CC1. The predicted molar refractivity (Wildman–Crippen MR) is 67.3 cm³/mol. The van der Waals surface area contributed by atoms with Gasteiger partial charge in [-0.1, -0.05) is 12.2 Å². The molecule has 1 saturated carbocycles. The number of likely N-dealkylation sites (tertiary alicyclic amines) is 1. The van der Waals surface area contributed by atoms with Crippen molar-refractivity contribution in [3.8, 4) is 0 Å². The molecule has 90 valence electrons. The van der Waals surface area contributed by atoms with E-state index in [0.29, 0.717) is 10.9 Å². The van der Waals surface area contributed by atoms with Crippen LogP contribution >= 0.6 is 12.2 Å². The van der Waals surface area contributed by atoms with Crippen molar-refractivity contribution in [3.05, 3.63) is 0 Å². The first-order valence-corrected chi connectivity index (χ1v) is 6.44. The molecule has 1 unspecified atom stereocenters. The van der Waals surface area contributed by atoms with Crippen LogP contribution in [-0.2, 0) is 0 Å². The van der Waals surface area contributed by atoms with E-state index in [1.165, 1.54) is 6.42 Å². The third-order valence-corrected chi connectivity index (χ3v) is 3.58. The van der Waals surface area contributed by atoms with Crippen LogP contribution in [0.4, 0.5) is 4.79 Å². The van der Waals surface area contributed by atoms with Crippen molar-refractivity contribution in [1.82, 2.24) is 10.2 Å². The molecule has 1 aliphatic carbocycles. The molecule has 0 radical (unpaired) electrons. The molecule has 0 aromatic heterocycles. The average Bonchev–Trinajstić information content (AvgIpc) is 3.10. The molecule has 1 saturated heterocycles. The fourth-order valence-corrected chi connectivity index (χ4v) is 2.42. The van der Waals surface area contributed by atoms with Gasteiger partial charge in [0.05, 0.1) is 11.0 Å². The number of piperidine rings is 1. The first-order chi connectivity index (χ1) is 7.68. The molecule has 1 atom stereocenters. The lowest BCUT2D eigenvalue weighted by Crippen LogP contribution is -2.51. The van der Waals surface area contributed by atoms with Crippen LogP contribution in [0.3, 0.4) is 0 Å². The molecule has 2 aliphatic rings. The second-order valence-corrected chi connectivity index (χ2v) is 5.19. The van der Waals surface area contributed by atoms with Crippen molar-refractivity contribution in [2.45, 2.75) is 38.1 Å². The fourth-order valence-electron chi connectivity index (χ4n) is 2.17. The number of nitrogens with one attached hydrogen (secondary N) is 1. The van der Waals surface area contributed by atoms with Gasteiger partial charge in [0.15, 0.2) is 0 Å². The van der Waals surface area contributed by atoms with E-state index in [2.05, 4.69) is 5.32 Å². The van der Waals surface area contributed by atoms with Gasteiger partial charge in [-0.3, -0.25) is 0 Å². The third-order valence-electron chi connectivity index (χ3n) is 3.32. The van der Waals surface area contributed by atoms with E-state index in [4.69, 9.17) is 18.0 Å². The number of amides is 2. The second-order valence-electron chi connectivity index (χ2n) is 4.71. The van der Waals surface area contributed by atoms with Crippen LogP contribution in [0.15, 0.2) is 0 Å². The smallest absolute Gasteiger partial charge is 0.317 e. The Hall–Kier alpha value is -0.840. The minimum absolute atomic E-state index is 0.00407. The van der Waals surface area contributed by atoms with Gasteiger partial charge in [0.1, 0.15) is 0 Å². The summed E-state index contributed by atoms with van der Waals surface area (Å²) in [6, 6.07) is -0.0890. The van der Waals surface area contributed by atoms with Crippen LogP contribution in [0.5, 0.6) is 0 Å². The summed E-state index contributed by atoms with van der Waals surface area (Å²) in [5.41, 5.74) is 5.65. The second kappa shape index (κ2) is 4.99. The Kier molecular flexibility index (Phi) is 3.63. The topological polar surface area (TPSA) is 58.4 Å². The van der Waals surface area contributed by atoms with E-state index >= 15 is 0 Å². The molecular formula is C11H19N3OS. The van der Waals surface area contributed by atoms with Gasteiger partial charge in [-0.25, -0.2) is 4.79 Å². The van der Waals surface area contributed by atoms with Crippen molar-refractivity contribution >= 4 is 23.2 Å². The molecule has 0 aromatic carbocycles. The average molecular weight is 241 g/mol. The summed E-state index contributed by atoms with van der Waals surface area (Å²) in [5.74, 6) is 0.478. The predicted octanol–water partition coefficient (Wildman–Crippen LogP) is 1.25. The summed E-state index contributed by atoms with van der Waals surface area (Å²) in [4.78, 5) is 14.2. The molecule has 1 heterocycles. The van der Waals surface area contributed by atoms with Crippen LogP contribution < -0.4 is 11.1 Å². The minimum Gasteiger partial charge on any atom is -0.392 e. The summed E-state index contributed by atoms with van der Waals surface area (Å²) in [7, 11) is 0. The normalized spacial score (nSPS) is 22.6. The first-order valence-electron chi connectivity index (χ1n) is 6.03. The highest BCUT2D eigenvalue weighted by Crippen LogP contribution is 2.32. The monoisotopic (exact) mass is 241 g/mol. The Morgan fingerprint density at radius 3 is 2.44 bits per heavy atom. The lowest BCUT2D eigenvalue weighted by molar-refractivity contribution is 0.184. The summed E-state index contributed by atoms with van der Waals surface area (Å²) in [6.07, 6.45) is 5.69. The Morgan fingerprint density at radius 2 is 1.94 bits per heavy atom. The van der Waals surface area contributed by atoms with Crippen molar-refractivity contribution < 1.29 is 4.79 Å². The quantitative estimate of drug-likeness (QED) is 0.731. The van der Waals surface area contributed by atoms with Crippen molar-refractivity contribution in [1.29, 1.82) is 0 Å². The molecule has 16 heavy (non-hydrogen) atoms. The van der Waals surface area contributed by atoms with E-state index in [0.717, 1.165) is 38.8 Å². The number of rotatable bonds is 3. The molecule has 2 amide bonds. The Morgan fingerprint density at radius 1 is 1.31 bits per heavy atom. The summed E-state index contributed by atoms with van der Waals surface area (Å²) < 4.78 is 0.